The Bertz CT molecular complexity index is 1160. The molecule has 8 heteroatoms. The van der Waals surface area contributed by atoms with E-state index >= 15 is 0 Å². The van der Waals surface area contributed by atoms with Crippen LogP contribution in [0.15, 0.2) is 42.7 Å². The molecule has 3 heterocycles. The first-order chi connectivity index (χ1) is 14.1. The highest BCUT2D eigenvalue weighted by Gasteiger charge is 2.32. The van der Waals surface area contributed by atoms with E-state index in [2.05, 4.69) is 46.5 Å². The van der Waals surface area contributed by atoms with E-state index in [-0.39, 0.29) is 11.9 Å². The molecular formula is C21H21N7O. The number of carbonyl (C=O) groups excluding carboxylic acids is 1. The second-order valence-corrected chi connectivity index (χ2v) is 7.54. The Balaban J connectivity index is 1.46. The van der Waals surface area contributed by atoms with E-state index < -0.39 is 0 Å². The largest absolute Gasteiger partial charge is 0.340 e. The normalized spacial score (nSPS) is 16.6. The van der Waals surface area contributed by atoms with Gasteiger partial charge in [0.2, 0.25) is 0 Å². The maximum Gasteiger partial charge on any atom is 0.254 e. The summed E-state index contributed by atoms with van der Waals surface area (Å²) in [5, 5.41) is 11.2. The Morgan fingerprint density at radius 3 is 2.86 bits per heavy atom. The molecule has 1 aliphatic heterocycles. The molecule has 1 fully saturated rings. The van der Waals surface area contributed by atoms with Crippen LogP contribution < -0.4 is 0 Å². The van der Waals surface area contributed by atoms with Gasteiger partial charge in [0.1, 0.15) is 12.2 Å². The second-order valence-electron chi connectivity index (χ2n) is 7.54. The molecule has 146 valence electrons. The molecule has 0 spiro atoms. The van der Waals surface area contributed by atoms with Crippen LogP contribution in [0, 0.1) is 13.8 Å². The maximum absolute atomic E-state index is 13.3. The number of H-pyrrole nitrogens is 1. The van der Waals surface area contributed by atoms with Crippen LogP contribution in [0.3, 0.4) is 0 Å². The lowest BCUT2D eigenvalue weighted by Gasteiger charge is -2.23. The van der Waals surface area contributed by atoms with Gasteiger partial charge in [0.15, 0.2) is 0 Å². The number of aryl methyl sites for hydroxylation is 2. The zero-order chi connectivity index (χ0) is 20.0. The SMILES string of the molecule is Cc1cc2nc([C@@H]3CCCN3C(=O)c3cccc(-n4cnnn4)c3)[nH]c2cc1C. The number of imidazole rings is 1. The number of tetrazole rings is 1. The highest BCUT2D eigenvalue weighted by Crippen LogP contribution is 2.33. The van der Waals surface area contributed by atoms with E-state index in [0.717, 1.165) is 35.4 Å². The number of hydrogen-bond donors (Lipinski definition) is 1. The first-order valence-electron chi connectivity index (χ1n) is 9.71. The number of nitrogens with zero attached hydrogens (tertiary/aromatic N) is 6. The van der Waals surface area contributed by atoms with Crippen molar-refractivity contribution in [2.24, 2.45) is 0 Å². The van der Waals surface area contributed by atoms with E-state index in [9.17, 15) is 4.79 Å². The van der Waals surface area contributed by atoms with E-state index in [0.29, 0.717) is 12.1 Å². The average Bonchev–Trinajstić information content (AvgIpc) is 3.48. The van der Waals surface area contributed by atoms with Crippen LogP contribution in [0.1, 0.15) is 46.2 Å². The quantitative estimate of drug-likeness (QED) is 0.583. The third-order valence-electron chi connectivity index (χ3n) is 5.65. The first kappa shape index (κ1) is 17.5. The molecule has 2 aromatic carbocycles. The van der Waals surface area contributed by atoms with Crippen molar-refractivity contribution in [1.82, 2.24) is 35.1 Å². The number of fused-ring (bicyclic) bond motifs is 1. The Labute approximate surface area is 167 Å². The molecule has 0 aliphatic carbocycles. The highest BCUT2D eigenvalue weighted by atomic mass is 16.2. The minimum atomic E-state index is -0.0489. The van der Waals surface area contributed by atoms with E-state index in [1.807, 2.05) is 29.2 Å². The number of carbonyl (C=O) groups is 1. The lowest BCUT2D eigenvalue weighted by atomic mass is 10.1. The molecule has 29 heavy (non-hydrogen) atoms. The topological polar surface area (TPSA) is 92.6 Å². The van der Waals surface area contributed by atoms with E-state index in [1.54, 1.807) is 4.68 Å². The molecule has 0 unspecified atom stereocenters. The van der Waals surface area contributed by atoms with Crippen LogP contribution in [-0.2, 0) is 0 Å². The molecule has 5 rings (SSSR count). The van der Waals surface area contributed by atoms with Crippen molar-refractivity contribution in [3.05, 3.63) is 65.2 Å². The Hall–Kier alpha value is -3.55. The number of likely N-dealkylation sites (tertiary alicyclic amines) is 1. The second kappa shape index (κ2) is 6.80. The van der Waals surface area contributed by atoms with Crippen molar-refractivity contribution in [2.75, 3.05) is 6.54 Å². The molecule has 1 amide bonds. The fourth-order valence-electron chi connectivity index (χ4n) is 3.97. The van der Waals surface area contributed by atoms with Crippen molar-refractivity contribution in [1.29, 1.82) is 0 Å². The Kier molecular flexibility index (Phi) is 4.12. The molecule has 1 atom stereocenters. The van der Waals surface area contributed by atoms with Gasteiger partial charge in [-0.15, -0.1) is 5.10 Å². The monoisotopic (exact) mass is 387 g/mol. The van der Waals surface area contributed by atoms with Gasteiger partial charge in [-0.3, -0.25) is 4.79 Å². The highest BCUT2D eigenvalue weighted by molar-refractivity contribution is 5.95. The van der Waals surface area contributed by atoms with Crippen LogP contribution in [0.25, 0.3) is 16.7 Å². The van der Waals surface area contributed by atoms with Crippen LogP contribution in [0.5, 0.6) is 0 Å². The molecule has 0 bridgehead atoms. The van der Waals surface area contributed by atoms with Gasteiger partial charge in [-0.05, 0) is 78.6 Å². The molecule has 1 N–H and O–H groups in total. The van der Waals surface area contributed by atoms with Crippen LogP contribution in [0.2, 0.25) is 0 Å². The predicted molar refractivity (Wildman–Crippen MR) is 108 cm³/mol. The minimum Gasteiger partial charge on any atom is -0.340 e. The summed E-state index contributed by atoms with van der Waals surface area (Å²) in [6.45, 7) is 4.90. The fraction of sp³-hybridized carbons (Fsp3) is 0.286. The smallest absolute Gasteiger partial charge is 0.254 e. The molecule has 2 aromatic heterocycles. The summed E-state index contributed by atoms with van der Waals surface area (Å²) in [6, 6.07) is 11.5. The van der Waals surface area contributed by atoms with Gasteiger partial charge in [0.05, 0.1) is 22.8 Å². The van der Waals surface area contributed by atoms with Gasteiger partial charge in [0, 0.05) is 12.1 Å². The summed E-state index contributed by atoms with van der Waals surface area (Å²) in [4.78, 5) is 23.5. The minimum absolute atomic E-state index is 0.00441. The molecular weight excluding hydrogens is 366 g/mol. The standard InChI is InChI=1S/C21H21N7O/c1-13-9-17-18(10-14(13)2)24-20(23-17)19-7-4-8-27(19)21(29)15-5-3-6-16(11-15)28-12-22-25-26-28/h3,5-6,9-12,19H,4,7-8H2,1-2H3,(H,23,24)/t19-/m0/s1. The molecule has 8 nitrogen and oxygen atoms in total. The zero-order valence-corrected chi connectivity index (χ0v) is 16.3. The van der Waals surface area contributed by atoms with Gasteiger partial charge in [-0.25, -0.2) is 9.67 Å². The van der Waals surface area contributed by atoms with Crippen LogP contribution in [0.4, 0.5) is 0 Å². The third-order valence-corrected chi connectivity index (χ3v) is 5.65. The number of benzene rings is 2. The van der Waals surface area contributed by atoms with Gasteiger partial charge in [-0.2, -0.15) is 0 Å². The number of amides is 1. The summed E-state index contributed by atoms with van der Waals surface area (Å²) >= 11 is 0. The lowest BCUT2D eigenvalue weighted by molar-refractivity contribution is 0.0730. The van der Waals surface area contributed by atoms with Crippen molar-refractivity contribution < 1.29 is 4.79 Å². The van der Waals surface area contributed by atoms with Crippen molar-refractivity contribution in [2.45, 2.75) is 32.7 Å². The van der Waals surface area contributed by atoms with Gasteiger partial charge in [-0.1, -0.05) is 6.07 Å². The Morgan fingerprint density at radius 1 is 1.17 bits per heavy atom. The van der Waals surface area contributed by atoms with Crippen LogP contribution in [-0.4, -0.2) is 47.5 Å². The van der Waals surface area contributed by atoms with Crippen molar-refractivity contribution in [3.63, 3.8) is 0 Å². The van der Waals surface area contributed by atoms with Crippen LogP contribution >= 0.6 is 0 Å². The number of rotatable bonds is 3. The molecule has 4 aromatic rings. The van der Waals surface area contributed by atoms with Crippen molar-refractivity contribution >= 4 is 16.9 Å². The molecule has 0 saturated carbocycles. The first-order valence-corrected chi connectivity index (χ1v) is 9.71. The lowest BCUT2D eigenvalue weighted by Crippen LogP contribution is -2.31. The van der Waals surface area contributed by atoms with Gasteiger partial charge < -0.3 is 9.88 Å². The molecule has 1 saturated heterocycles. The van der Waals surface area contributed by atoms with E-state index in [1.165, 1.54) is 17.5 Å². The summed E-state index contributed by atoms with van der Waals surface area (Å²) in [6.07, 6.45) is 3.37. The molecule has 0 radical (unpaired) electrons. The summed E-state index contributed by atoms with van der Waals surface area (Å²) < 4.78 is 1.54. The van der Waals surface area contributed by atoms with Gasteiger partial charge >= 0.3 is 0 Å². The number of hydrogen-bond acceptors (Lipinski definition) is 5. The Morgan fingerprint density at radius 2 is 2.03 bits per heavy atom. The zero-order valence-electron chi connectivity index (χ0n) is 16.3. The average molecular weight is 387 g/mol. The number of aromatic nitrogens is 6. The van der Waals surface area contributed by atoms with Crippen molar-refractivity contribution in [3.8, 4) is 5.69 Å². The fourth-order valence-corrected chi connectivity index (χ4v) is 3.97. The molecule has 1 aliphatic rings. The summed E-state index contributed by atoms with van der Waals surface area (Å²) in [5.74, 6) is 0.850. The van der Waals surface area contributed by atoms with Gasteiger partial charge in [0.25, 0.3) is 5.91 Å². The summed E-state index contributed by atoms with van der Waals surface area (Å²) in [7, 11) is 0. The maximum atomic E-state index is 13.3. The summed E-state index contributed by atoms with van der Waals surface area (Å²) in [5.41, 5.74) is 5.78. The number of aromatic amines is 1. The third kappa shape index (κ3) is 3.06. The number of nitrogens with one attached hydrogen (secondary N) is 1. The predicted octanol–water partition coefficient (Wildman–Crippen LogP) is 3.13. The van der Waals surface area contributed by atoms with E-state index in [4.69, 9.17) is 4.98 Å².